The van der Waals surface area contributed by atoms with Crippen LogP contribution in [0.15, 0.2) is 163 Å². The highest BCUT2D eigenvalue weighted by Crippen LogP contribution is 2.45. The smallest absolute Gasteiger partial charge is 0.261 e. The number of aryl methyl sites for hydroxylation is 1. The molecule has 0 fully saturated rings. The minimum Gasteiger partial charge on any atom is -0.279 e. The summed E-state index contributed by atoms with van der Waals surface area (Å²) in [4.78, 5) is 0.233. The quantitative estimate of drug-likeness (QED) is 0.185. The van der Waals surface area contributed by atoms with Crippen molar-refractivity contribution in [2.45, 2.75) is 11.8 Å². The first-order valence-corrected chi connectivity index (χ1v) is 17.4. The van der Waals surface area contributed by atoms with Crippen molar-refractivity contribution < 1.29 is 8.42 Å². The number of sulfonamides is 1. The van der Waals surface area contributed by atoms with Gasteiger partial charge in [0, 0.05) is 11.1 Å². The summed E-state index contributed by atoms with van der Waals surface area (Å²) in [5, 5.41) is 7.84. The second-order valence-corrected chi connectivity index (χ2v) is 14.7. The van der Waals surface area contributed by atoms with Crippen molar-refractivity contribution in [2.75, 3.05) is 4.72 Å². The first-order valence-electron chi connectivity index (χ1n) is 14.5. The molecule has 7 aromatic rings. The van der Waals surface area contributed by atoms with Crippen LogP contribution in [0.2, 0.25) is 0 Å². The van der Waals surface area contributed by atoms with Gasteiger partial charge in [0.1, 0.15) is 0 Å². The Morgan fingerprint density at radius 2 is 1.00 bits per heavy atom. The van der Waals surface area contributed by atoms with E-state index in [1.54, 1.807) is 12.1 Å². The van der Waals surface area contributed by atoms with Crippen molar-refractivity contribution in [1.82, 2.24) is 0 Å². The molecule has 0 aliphatic heterocycles. The van der Waals surface area contributed by atoms with Gasteiger partial charge in [-0.25, -0.2) is 8.42 Å². The van der Waals surface area contributed by atoms with Gasteiger partial charge in [-0.2, -0.15) is 0 Å². The zero-order valence-electron chi connectivity index (χ0n) is 24.2. The average molecular weight is 608 g/mol. The van der Waals surface area contributed by atoms with E-state index < -0.39 is 17.9 Å². The van der Waals surface area contributed by atoms with Gasteiger partial charge in [-0.15, -0.1) is 0 Å². The zero-order chi connectivity index (χ0) is 30.1. The molecule has 0 aromatic heterocycles. The number of nitrogens with one attached hydrogen (secondary N) is 1. The van der Waals surface area contributed by atoms with E-state index in [1.807, 2.05) is 61.5 Å². The highest BCUT2D eigenvalue weighted by Gasteiger charge is 2.26. The minimum atomic E-state index is -3.86. The molecule has 0 saturated heterocycles. The highest BCUT2D eigenvalue weighted by atomic mass is 32.2. The van der Waals surface area contributed by atoms with Crippen molar-refractivity contribution >= 4 is 61.1 Å². The van der Waals surface area contributed by atoms with E-state index >= 15 is 0 Å². The number of hydrogen-bond donors (Lipinski definition) is 1. The van der Waals surface area contributed by atoms with Crippen LogP contribution < -0.4 is 20.6 Å². The molecule has 0 unspecified atom stereocenters. The summed E-state index contributed by atoms with van der Waals surface area (Å²) in [6.07, 6.45) is 0. The Morgan fingerprint density at radius 3 is 1.59 bits per heavy atom. The van der Waals surface area contributed by atoms with Crippen LogP contribution in [0.4, 0.5) is 5.69 Å². The van der Waals surface area contributed by atoms with E-state index in [0.717, 1.165) is 38.2 Å². The average Bonchev–Trinajstić information content (AvgIpc) is 3.06. The fraction of sp³-hybridized carbons (Fsp3) is 0.0256. The maximum Gasteiger partial charge on any atom is 0.261 e. The summed E-state index contributed by atoms with van der Waals surface area (Å²) >= 11 is 0. The third kappa shape index (κ3) is 5.28. The van der Waals surface area contributed by atoms with Gasteiger partial charge in [0.25, 0.3) is 10.0 Å². The third-order valence-corrected chi connectivity index (χ3v) is 11.8. The third-order valence-electron chi connectivity index (χ3n) is 7.93. The van der Waals surface area contributed by atoms with Crippen molar-refractivity contribution in [1.29, 1.82) is 0 Å². The van der Waals surface area contributed by atoms with Gasteiger partial charge < -0.3 is 0 Å². The maximum atomic E-state index is 13.9. The predicted octanol–water partition coefficient (Wildman–Crippen LogP) is 8.53. The summed E-state index contributed by atoms with van der Waals surface area (Å²) in [6, 6.07) is 53.1. The second kappa shape index (κ2) is 11.7. The van der Waals surface area contributed by atoms with Crippen LogP contribution in [0.5, 0.6) is 0 Å². The largest absolute Gasteiger partial charge is 0.279 e. The molecule has 214 valence electrons. The van der Waals surface area contributed by atoms with Gasteiger partial charge in [-0.3, -0.25) is 4.72 Å². The number of anilines is 1. The summed E-state index contributed by atoms with van der Waals surface area (Å²) in [5.41, 5.74) is 3.48. The molecule has 5 heteroatoms. The molecule has 1 N–H and O–H groups in total. The number of fused-ring (bicyclic) bond motifs is 2. The van der Waals surface area contributed by atoms with E-state index in [-0.39, 0.29) is 4.90 Å². The van der Waals surface area contributed by atoms with Crippen LogP contribution in [0.1, 0.15) is 5.56 Å². The monoisotopic (exact) mass is 607 g/mol. The normalized spacial score (nSPS) is 11.7. The molecule has 0 saturated carbocycles. The number of benzene rings is 7. The molecule has 0 aliphatic rings. The molecule has 7 rings (SSSR count). The summed E-state index contributed by atoms with van der Waals surface area (Å²) in [6.45, 7) is 1.95. The standard InChI is InChI=1S/C39H30NO2PS/c1-28-20-24-33(25-21-28)44(41,42)40-36-26-22-29-12-8-10-18-34(29)38(36)39-35-19-11-9-13-30(35)23-27-37(39)43(31-14-4-2-5-15-31)32-16-6-3-7-17-32/h2-27,40H,1H3. The number of rotatable bonds is 7. The lowest BCUT2D eigenvalue weighted by Crippen LogP contribution is -2.23. The van der Waals surface area contributed by atoms with Crippen LogP contribution in [0, 0.1) is 6.92 Å². The Hall–Kier alpha value is -4.76. The van der Waals surface area contributed by atoms with Gasteiger partial charge in [-0.05, 0) is 70.5 Å². The maximum absolute atomic E-state index is 13.9. The van der Waals surface area contributed by atoms with E-state index in [0.29, 0.717) is 5.69 Å². The second-order valence-electron chi connectivity index (χ2n) is 10.8. The summed E-state index contributed by atoms with van der Waals surface area (Å²) in [7, 11) is -4.85. The van der Waals surface area contributed by atoms with E-state index in [2.05, 4.69) is 95.7 Å². The van der Waals surface area contributed by atoms with Crippen LogP contribution in [-0.4, -0.2) is 8.42 Å². The Labute approximate surface area is 259 Å². The van der Waals surface area contributed by atoms with Crippen molar-refractivity contribution in [2.24, 2.45) is 0 Å². The fourth-order valence-electron chi connectivity index (χ4n) is 5.84. The Bertz CT molecular complexity index is 2180. The first-order chi connectivity index (χ1) is 21.5. The van der Waals surface area contributed by atoms with Crippen molar-refractivity contribution in [3.63, 3.8) is 0 Å². The van der Waals surface area contributed by atoms with E-state index in [4.69, 9.17) is 0 Å². The molecule has 44 heavy (non-hydrogen) atoms. The van der Waals surface area contributed by atoms with Crippen molar-refractivity contribution in [3.8, 4) is 11.1 Å². The van der Waals surface area contributed by atoms with Gasteiger partial charge >= 0.3 is 0 Å². The van der Waals surface area contributed by atoms with Crippen molar-refractivity contribution in [3.05, 3.63) is 163 Å². The lowest BCUT2D eigenvalue weighted by Gasteiger charge is -2.26. The van der Waals surface area contributed by atoms with Gasteiger partial charge in [0.2, 0.25) is 0 Å². The molecule has 0 amide bonds. The molecule has 0 radical (unpaired) electrons. The molecule has 7 aromatic carbocycles. The highest BCUT2D eigenvalue weighted by molar-refractivity contribution is 7.92. The van der Waals surface area contributed by atoms with E-state index in [1.165, 1.54) is 15.9 Å². The Morgan fingerprint density at radius 1 is 0.500 bits per heavy atom. The van der Waals surface area contributed by atoms with Gasteiger partial charge in [0.05, 0.1) is 10.6 Å². The zero-order valence-corrected chi connectivity index (χ0v) is 25.9. The van der Waals surface area contributed by atoms with Crippen LogP contribution >= 0.6 is 7.92 Å². The predicted molar refractivity (Wildman–Crippen MR) is 188 cm³/mol. The van der Waals surface area contributed by atoms with E-state index in [9.17, 15) is 8.42 Å². The SMILES string of the molecule is Cc1ccc(S(=O)(=O)Nc2ccc3ccccc3c2-c2c(P(c3ccccc3)c3ccccc3)ccc3ccccc23)cc1. The lowest BCUT2D eigenvalue weighted by atomic mass is 9.92. The summed E-state index contributed by atoms with van der Waals surface area (Å²) < 4.78 is 30.7. The topological polar surface area (TPSA) is 46.2 Å². The Kier molecular flexibility index (Phi) is 7.47. The molecular formula is C39H30NO2PS. The van der Waals surface area contributed by atoms with Gasteiger partial charge in [0.15, 0.2) is 0 Å². The van der Waals surface area contributed by atoms with Crippen LogP contribution in [0.25, 0.3) is 32.7 Å². The molecule has 3 nitrogen and oxygen atoms in total. The molecule has 0 spiro atoms. The molecule has 0 heterocycles. The molecular weight excluding hydrogens is 577 g/mol. The molecule has 0 atom stereocenters. The fourth-order valence-corrected chi connectivity index (χ4v) is 9.38. The first kappa shape index (κ1) is 28.0. The molecule has 0 aliphatic carbocycles. The Balaban J connectivity index is 1.56. The number of hydrogen-bond acceptors (Lipinski definition) is 2. The van der Waals surface area contributed by atoms with Gasteiger partial charge in [-0.1, -0.05) is 145 Å². The van der Waals surface area contributed by atoms with Crippen LogP contribution in [0.3, 0.4) is 0 Å². The lowest BCUT2D eigenvalue weighted by molar-refractivity contribution is 0.601. The minimum absolute atomic E-state index is 0.233. The van der Waals surface area contributed by atoms with Crippen LogP contribution in [-0.2, 0) is 10.0 Å². The summed E-state index contributed by atoms with van der Waals surface area (Å²) in [5.74, 6) is 0. The molecule has 0 bridgehead atoms.